The Hall–Kier alpha value is -1.07. The number of hydrogen-bond donors (Lipinski definition) is 1. The zero-order valence-corrected chi connectivity index (χ0v) is 13.9. The molecule has 0 aliphatic heterocycles. The minimum atomic E-state index is -0.103. The van der Waals surface area contributed by atoms with E-state index in [2.05, 4.69) is 37.2 Å². The summed E-state index contributed by atoms with van der Waals surface area (Å²) >= 11 is 6.81. The van der Waals surface area contributed by atoms with E-state index in [1.165, 1.54) is 0 Å². The molecule has 5 heteroatoms. The molecule has 3 nitrogen and oxygen atoms in total. The number of halogens is 2. The second kappa shape index (κ2) is 5.92. The first-order valence-corrected chi connectivity index (χ1v) is 7.53. The van der Waals surface area contributed by atoms with Gasteiger partial charge in [0.25, 0.3) is 5.91 Å². The molecular formula is C14H14Br2N2O. The molecule has 1 heterocycles. The Morgan fingerprint density at radius 2 is 2.00 bits per heavy atom. The van der Waals surface area contributed by atoms with Gasteiger partial charge in [-0.2, -0.15) is 0 Å². The molecule has 1 amide bonds. The van der Waals surface area contributed by atoms with Crippen molar-refractivity contribution in [2.45, 2.75) is 20.4 Å². The summed E-state index contributed by atoms with van der Waals surface area (Å²) in [6.45, 7) is 4.73. The standard InChI is InChI=1S/C14H14Br2N2O/c1-3-18-8-11(16)7-13(18)14(19)17-12-6-10(15)5-4-9(12)2/h4-8H,3H2,1-2H3,(H,17,19). The Balaban J connectivity index is 2.27. The van der Waals surface area contributed by atoms with Gasteiger partial charge in [-0.15, -0.1) is 0 Å². The average molecular weight is 386 g/mol. The highest BCUT2D eigenvalue weighted by atomic mass is 79.9. The number of nitrogens with one attached hydrogen (secondary N) is 1. The van der Waals surface area contributed by atoms with E-state index in [0.717, 1.165) is 26.7 Å². The van der Waals surface area contributed by atoms with Crippen LogP contribution in [0.5, 0.6) is 0 Å². The van der Waals surface area contributed by atoms with E-state index in [4.69, 9.17) is 0 Å². The highest BCUT2D eigenvalue weighted by Gasteiger charge is 2.13. The summed E-state index contributed by atoms with van der Waals surface area (Å²) in [5, 5.41) is 2.94. The number of hydrogen-bond acceptors (Lipinski definition) is 1. The van der Waals surface area contributed by atoms with Crippen molar-refractivity contribution in [3.8, 4) is 0 Å². The van der Waals surface area contributed by atoms with Crippen LogP contribution < -0.4 is 5.32 Å². The van der Waals surface area contributed by atoms with Crippen LogP contribution in [0.4, 0.5) is 5.69 Å². The predicted octanol–water partition coefficient (Wildman–Crippen LogP) is 4.59. The first-order chi connectivity index (χ1) is 9.01. The normalized spacial score (nSPS) is 10.5. The Labute approximate surface area is 129 Å². The van der Waals surface area contributed by atoms with Crippen LogP contribution in [0.25, 0.3) is 0 Å². The molecule has 1 aromatic heterocycles. The molecule has 2 rings (SSSR count). The van der Waals surface area contributed by atoms with Gasteiger partial charge in [0.05, 0.1) is 0 Å². The van der Waals surface area contributed by atoms with E-state index < -0.39 is 0 Å². The fourth-order valence-corrected chi connectivity index (χ4v) is 2.67. The molecule has 1 aromatic carbocycles. The van der Waals surface area contributed by atoms with Crippen LogP contribution in [0, 0.1) is 6.92 Å². The molecule has 19 heavy (non-hydrogen) atoms. The number of aryl methyl sites for hydroxylation is 2. The Morgan fingerprint density at radius 3 is 2.68 bits per heavy atom. The Kier molecular flexibility index (Phi) is 4.47. The van der Waals surface area contributed by atoms with Crippen LogP contribution in [0.1, 0.15) is 23.0 Å². The molecule has 0 saturated carbocycles. The monoisotopic (exact) mass is 384 g/mol. The highest BCUT2D eigenvalue weighted by molar-refractivity contribution is 9.10. The van der Waals surface area contributed by atoms with Crippen molar-refractivity contribution in [3.05, 3.63) is 50.7 Å². The lowest BCUT2D eigenvalue weighted by Gasteiger charge is -2.10. The molecule has 0 aliphatic rings. The molecule has 0 bridgehead atoms. The van der Waals surface area contributed by atoms with Gasteiger partial charge in [-0.05, 0) is 53.5 Å². The zero-order valence-electron chi connectivity index (χ0n) is 10.7. The second-order valence-corrected chi connectivity index (χ2v) is 6.07. The van der Waals surface area contributed by atoms with Crippen molar-refractivity contribution in [2.24, 2.45) is 0 Å². The highest BCUT2D eigenvalue weighted by Crippen LogP contribution is 2.22. The number of benzene rings is 1. The van der Waals surface area contributed by atoms with Gasteiger partial charge in [0, 0.05) is 27.4 Å². The maximum absolute atomic E-state index is 12.3. The van der Waals surface area contributed by atoms with Gasteiger partial charge in [-0.25, -0.2) is 0 Å². The van der Waals surface area contributed by atoms with Crippen molar-refractivity contribution in [3.63, 3.8) is 0 Å². The lowest BCUT2D eigenvalue weighted by molar-refractivity contribution is 0.101. The molecule has 100 valence electrons. The zero-order chi connectivity index (χ0) is 14.0. The van der Waals surface area contributed by atoms with Crippen LogP contribution in [-0.4, -0.2) is 10.5 Å². The molecule has 0 unspecified atom stereocenters. The summed E-state index contributed by atoms with van der Waals surface area (Å²) < 4.78 is 3.76. The lowest BCUT2D eigenvalue weighted by atomic mass is 10.2. The molecule has 2 aromatic rings. The third-order valence-electron chi connectivity index (χ3n) is 2.88. The summed E-state index contributed by atoms with van der Waals surface area (Å²) in [6.07, 6.45) is 1.91. The van der Waals surface area contributed by atoms with Crippen molar-refractivity contribution in [1.82, 2.24) is 4.57 Å². The van der Waals surface area contributed by atoms with Crippen molar-refractivity contribution < 1.29 is 4.79 Å². The van der Waals surface area contributed by atoms with Crippen LogP contribution in [-0.2, 0) is 6.54 Å². The first-order valence-electron chi connectivity index (χ1n) is 5.94. The smallest absolute Gasteiger partial charge is 0.272 e. The Bertz CT molecular complexity index is 620. The largest absolute Gasteiger partial charge is 0.343 e. The van der Waals surface area contributed by atoms with Crippen molar-refractivity contribution >= 4 is 43.5 Å². The second-order valence-electron chi connectivity index (χ2n) is 4.24. The van der Waals surface area contributed by atoms with E-state index in [0.29, 0.717) is 5.69 Å². The predicted molar refractivity (Wildman–Crippen MR) is 84.6 cm³/mol. The van der Waals surface area contributed by atoms with Gasteiger partial charge in [0.2, 0.25) is 0 Å². The summed E-state index contributed by atoms with van der Waals surface area (Å²) in [5.74, 6) is -0.103. The SMILES string of the molecule is CCn1cc(Br)cc1C(=O)Nc1cc(Br)ccc1C. The average Bonchev–Trinajstić information content (AvgIpc) is 2.75. The number of carbonyl (C=O) groups is 1. The molecule has 0 saturated heterocycles. The van der Waals surface area contributed by atoms with E-state index in [9.17, 15) is 4.79 Å². The summed E-state index contributed by atoms with van der Waals surface area (Å²) in [5.41, 5.74) is 2.50. The van der Waals surface area contributed by atoms with Crippen molar-refractivity contribution in [1.29, 1.82) is 0 Å². The van der Waals surface area contributed by atoms with Crippen LogP contribution in [0.15, 0.2) is 39.4 Å². The number of anilines is 1. The first kappa shape index (κ1) is 14.3. The Morgan fingerprint density at radius 1 is 1.26 bits per heavy atom. The van der Waals surface area contributed by atoms with Gasteiger partial charge < -0.3 is 9.88 Å². The van der Waals surface area contributed by atoms with Crippen molar-refractivity contribution in [2.75, 3.05) is 5.32 Å². The minimum absolute atomic E-state index is 0.103. The number of carbonyl (C=O) groups excluding carboxylic acids is 1. The van der Waals surface area contributed by atoms with Gasteiger partial charge in [-0.1, -0.05) is 22.0 Å². The van der Waals surface area contributed by atoms with Crippen LogP contribution >= 0.6 is 31.9 Å². The quantitative estimate of drug-likeness (QED) is 0.823. The summed E-state index contributed by atoms with van der Waals surface area (Å²) in [4.78, 5) is 12.3. The molecule has 0 radical (unpaired) electrons. The third kappa shape index (κ3) is 3.28. The van der Waals surface area contributed by atoms with E-state index in [1.807, 2.05) is 48.9 Å². The number of nitrogens with zero attached hydrogens (tertiary/aromatic N) is 1. The molecular weight excluding hydrogens is 372 g/mol. The van der Waals surface area contributed by atoms with Gasteiger partial charge in [0.1, 0.15) is 5.69 Å². The van der Waals surface area contributed by atoms with Crippen LogP contribution in [0.2, 0.25) is 0 Å². The van der Waals surface area contributed by atoms with E-state index in [-0.39, 0.29) is 5.91 Å². The summed E-state index contributed by atoms with van der Waals surface area (Å²) in [6, 6.07) is 7.65. The summed E-state index contributed by atoms with van der Waals surface area (Å²) in [7, 11) is 0. The topological polar surface area (TPSA) is 34.0 Å². The number of rotatable bonds is 3. The maximum Gasteiger partial charge on any atom is 0.272 e. The maximum atomic E-state index is 12.3. The van der Waals surface area contributed by atoms with Gasteiger partial charge in [0.15, 0.2) is 0 Å². The molecule has 0 fully saturated rings. The van der Waals surface area contributed by atoms with E-state index in [1.54, 1.807) is 0 Å². The molecule has 1 N–H and O–H groups in total. The molecule has 0 aliphatic carbocycles. The van der Waals surface area contributed by atoms with Gasteiger partial charge in [-0.3, -0.25) is 4.79 Å². The molecule has 0 atom stereocenters. The van der Waals surface area contributed by atoms with Crippen LogP contribution in [0.3, 0.4) is 0 Å². The number of amides is 1. The lowest BCUT2D eigenvalue weighted by Crippen LogP contribution is -2.16. The van der Waals surface area contributed by atoms with E-state index >= 15 is 0 Å². The fourth-order valence-electron chi connectivity index (χ4n) is 1.84. The molecule has 0 spiro atoms. The number of aromatic nitrogens is 1. The third-order valence-corrected chi connectivity index (χ3v) is 3.81. The minimum Gasteiger partial charge on any atom is -0.343 e. The van der Waals surface area contributed by atoms with Gasteiger partial charge >= 0.3 is 0 Å². The fraction of sp³-hybridized carbons (Fsp3) is 0.214.